The zero-order valence-corrected chi connectivity index (χ0v) is 14.3. The van der Waals surface area contributed by atoms with Crippen LogP contribution in [0.4, 0.5) is 0 Å². The average Bonchev–Trinajstić information content (AvgIpc) is 2.34. The Balaban J connectivity index is 2.94. The van der Waals surface area contributed by atoms with E-state index >= 15 is 0 Å². The highest BCUT2D eigenvalue weighted by molar-refractivity contribution is 9.10. The van der Waals surface area contributed by atoms with Crippen molar-refractivity contribution in [2.75, 3.05) is 12.9 Å². The molecule has 0 saturated heterocycles. The molecule has 0 amide bonds. The summed E-state index contributed by atoms with van der Waals surface area (Å²) in [4.78, 5) is 0. The number of benzene rings is 1. The Kier molecular flexibility index (Phi) is 6.15. The Morgan fingerprint density at radius 1 is 1.42 bits per heavy atom. The Hall–Kier alpha value is -0.260. The number of sulfone groups is 1. The number of rotatable bonds is 6. The molecule has 0 aliphatic heterocycles. The molecule has 108 valence electrons. The van der Waals surface area contributed by atoms with Crippen molar-refractivity contribution >= 4 is 37.4 Å². The third kappa shape index (κ3) is 4.65. The molecule has 2 atom stereocenters. The summed E-state index contributed by atoms with van der Waals surface area (Å²) in [5, 5.41) is -1.21. The summed E-state index contributed by atoms with van der Waals surface area (Å²) >= 11 is 9.64. The lowest BCUT2D eigenvalue weighted by Gasteiger charge is -2.17. The zero-order chi connectivity index (χ0) is 14.6. The fourth-order valence-electron chi connectivity index (χ4n) is 1.51. The molecule has 0 aliphatic rings. The monoisotopic (exact) mass is 368 g/mol. The van der Waals surface area contributed by atoms with Crippen LogP contribution >= 0.6 is 27.5 Å². The van der Waals surface area contributed by atoms with Gasteiger partial charge in [-0.25, -0.2) is 8.42 Å². The molecular weight excluding hydrogens is 352 g/mol. The van der Waals surface area contributed by atoms with Crippen LogP contribution in [0, 0.1) is 0 Å². The molecule has 1 rings (SSSR count). The largest absolute Gasteiger partial charge is 0.492 e. The second kappa shape index (κ2) is 6.95. The lowest BCUT2D eigenvalue weighted by Crippen LogP contribution is -2.21. The van der Waals surface area contributed by atoms with E-state index in [2.05, 4.69) is 15.9 Å². The first-order valence-corrected chi connectivity index (χ1v) is 9.21. The van der Waals surface area contributed by atoms with Crippen molar-refractivity contribution in [2.45, 2.75) is 30.9 Å². The first kappa shape index (κ1) is 16.8. The summed E-state index contributed by atoms with van der Waals surface area (Å²) in [6.45, 7) is 4.29. The summed E-state index contributed by atoms with van der Waals surface area (Å²) in [6, 6.07) is 5.42. The Morgan fingerprint density at radius 2 is 2.05 bits per heavy atom. The van der Waals surface area contributed by atoms with Crippen molar-refractivity contribution in [3.63, 3.8) is 0 Å². The van der Waals surface area contributed by atoms with E-state index in [1.807, 2.05) is 13.0 Å². The minimum absolute atomic E-state index is 0.577. The second-order valence-corrected chi connectivity index (χ2v) is 8.20. The van der Waals surface area contributed by atoms with Crippen LogP contribution < -0.4 is 4.74 Å². The van der Waals surface area contributed by atoms with Crippen molar-refractivity contribution < 1.29 is 13.2 Å². The maximum atomic E-state index is 11.5. The van der Waals surface area contributed by atoms with Crippen LogP contribution in [0.25, 0.3) is 0 Å². The zero-order valence-electron chi connectivity index (χ0n) is 11.2. The van der Waals surface area contributed by atoms with E-state index in [9.17, 15) is 8.42 Å². The van der Waals surface area contributed by atoms with E-state index in [0.29, 0.717) is 6.61 Å². The molecule has 0 fully saturated rings. The SMILES string of the molecule is CCCOc1ccc(C(Cl)C(C)S(C)(=O)=O)cc1Br. The topological polar surface area (TPSA) is 43.4 Å². The van der Waals surface area contributed by atoms with E-state index in [4.69, 9.17) is 16.3 Å². The lowest BCUT2D eigenvalue weighted by atomic mass is 10.1. The van der Waals surface area contributed by atoms with Gasteiger partial charge in [-0.15, -0.1) is 11.6 Å². The van der Waals surface area contributed by atoms with E-state index in [1.165, 1.54) is 6.26 Å². The molecule has 1 aromatic rings. The van der Waals surface area contributed by atoms with Crippen molar-refractivity contribution in [1.29, 1.82) is 0 Å². The average molecular weight is 370 g/mol. The molecule has 3 nitrogen and oxygen atoms in total. The van der Waals surface area contributed by atoms with E-state index in [0.717, 1.165) is 22.2 Å². The first-order valence-electron chi connectivity index (χ1n) is 6.02. The maximum absolute atomic E-state index is 11.5. The van der Waals surface area contributed by atoms with Crippen molar-refractivity contribution in [1.82, 2.24) is 0 Å². The Bertz CT molecular complexity index is 531. The number of ether oxygens (including phenoxy) is 1. The number of alkyl halides is 1. The molecule has 0 heterocycles. The first-order chi connectivity index (χ1) is 8.77. The van der Waals surface area contributed by atoms with Crippen molar-refractivity contribution in [3.05, 3.63) is 28.2 Å². The van der Waals surface area contributed by atoms with Gasteiger partial charge in [0.05, 0.1) is 21.7 Å². The van der Waals surface area contributed by atoms with Crippen LogP contribution in [0.5, 0.6) is 5.75 Å². The predicted octanol–water partition coefficient (Wildman–Crippen LogP) is 3.95. The van der Waals surface area contributed by atoms with Crippen molar-refractivity contribution in [3.8, 4) is 5.75 Å². The molecule has 0 bridgehead atoms. The smallest absolute Gasteiger partial charge is 0.151 e. The second-order valence-electron chi connectivity index (χ2n) is 4.47. The Morgan fingerprint density at radius 3 is 2.53 bits per heavy atom. The minimum atomic E-state index is -3.17. The summed E-state index contributed by atoms with van der Waals surface area (Å²) in [6.07, 6.45) is 2.12. The molecule has 6 heteroatoms. The molecular formula is C13H18BrClO3S. The Labute approximate surface area is 128 Å². The van der Waals surface area contributed by atoms with Gasteiger partial charge in [-0.05, 0) is 47.0 Å². The fourth-order valence-corrected chi connectivity index (χ4v) is 3.30. The van der Waals surface area contributed by atoms with E-state index in [1.54, 1.807) is 19.1 Å². The highest BCUT2D eigenvalue weighted by Gasteiger charge is 2.25. The van der Waals surface area contributed by atoms with Crippen LogP contribution in [0.2, 0.25) is 0 Å². The molecule has 0 N–H and O–H groups in total. The third-order valence-electron chi connectivity index (χ3n) is 2.82. The summed E-state index contributed by atoms with van der Waals surface area (Å²) < 4.78 is 29.4. The molecule has 0 spiro atoms. The van der Waals surface area contributed by atoms with Gasteiger partial charge in [0.1, 0.15) is 5.75 Å². The van der Waals surface area contributed by atoms with Crippen LogP contribution in [-0.2, 0) is 9.84 Å². The van der Waals surface area contributed by atoms with Crippen LogP contribution in [0.3, 0.4) is 0 Å². The lowest BCUT2D eigenvalue weighted by molar-refractivity contribution is 0.315. The predicted molar refractivity (Wildman–Crippen MR) is 82.8 cm³/mol. The molecule has 0 aromatic heterocycles. The van der Waals surface area contributed by atoms with Crippen molar-refractivity contribution in [2.24, 2.45) is 0 Å². The number of hydrogen-bond acceptors (Lipinski definition) is 3. The third-order valence-corrected chi connectivity index (χ3v) is 5.85. The van der Waals surface area contributed by atoms with E-state index < -0.39 is 20.5 Å². The van der Waals surface area contributed by atoms with Crippen LogP contribution in [0.1, 0.15) is 31.2 Å². The number of hydrogen-bond donors (Lipinski definition) is 0. The standard InChI is InChI=1S/C13H18BrClO3S/c1-4-7-18-12-6-5-10(8-11(12)14)13(15)9(2)19(3,16)17/h5-6,8-9,13H,4,7H2,1-3H3. The summed E-state index contributed by atoms with van der Waals surface area (Å²) in [5.74, 6) is 0.737. The van der Waals surface area contributed by atoms with Gasteiger partial charge in [0.15, 0.2) is 9.84 Å². The van der Waals surface area contributed by atoms with Crippen LogP contribution in [0.15, 0.2) is 22.7 Å². The fraction of sp³-hybridized carbons (Fsp3) is 0.538. The summed E-state index contributed by atoms with van der Waals surface area (Å²) in [7, 11) is -3.17. The highest BCUT2D eigenvalue weighted by atomic mass is 79.9. The molecule has 2 unspecified atom stereocenters. The van der Waals surface area contributed by atoms with Gasteiger partial charge in [0, 0.05) is 6.26 Å². The molecule has 1 aromatic carbocycles. The van der Waals surface area contributed by atoms with Gasteiger partial charge >= 0.3 is 0 Å². The van der Waals surface area contributed by atoms with Gasteiger partial charge in [0.2, 0.25) is 0 Å². The minimum Gasteiger partial charge on any atom is -0.492 e. The molecule has 19 heavy (non-hydrogen) atoms. The maximum Gasteiger partial charge on any atom is 0.151 e. The molecule has 0 aliphatic carbocycles. The highest BCUT2D eigenvalue weighted by Crippen LogP contribution is 2.34. The van der Waals surface area contributed by atoms with Crippen LogP contribution in [-0.4, -0.2) is 26.5 Å². The van der Waals surface area contributed by atoms with Gasteiger partial charge < -0.3 is 4.74 Å². The van der Waals surface area contributed by atoms with E-state index in [-0.39, 0.29) is 0 Å². The normalized spacial score (nSPS) is 15.0. The van der Waals surface area contributed by atoms with Gasteiger partial charge in [-0.2, -0.15) is 0 Å². The quantitative estimate of drug-likeness (QED) is 0.713. The van der Waals surface area contributed by atoms with Gasteiger partial charge in [-0.3, -0.25) is 0 Å². The summed E-state index contributed by atoms with van der Waals surface area (Å²) in [5.41, 5.74) is 0.760. The number of halogens is 2. The van der Waals surface area contributed by atoms with Gasteiger partial charge in [0.25, 0.3) is 0 Å². The molecule has 0 radical (unpaired) electrons. The van der Waals surface area contributed by atoms with Gasteiger partial charge in [-0.1, -0.05) is 13.0 Å². The molecule has 0 saturated carbocycles.